The molecule has 0 amide bonds. The molecule has 1 saturated heterocycles. The molecule has 1 fully saturated rings. The first kappa shape index (κ1) is 16.2. The summed E-state index contributed by atoms with van der Waals surface area (Å²) in [4.78, 5) is 4.72. The van der Waals surface area contributed by atoms with E-state index in [-0.39, 0.29) is 11.7 Å². The largest absolute Gasteiger partial charge is 0.385 e. The van der Waals surface area contributed by atoms with Gasteiger partial charge in [-0.2, -0.15) is 0 Å². The highest BCUT2D eigenvalue weighted by Crippen LogP contribution is 2.31. The first-order chi connectivity index (χ1) is 12.2. The number of benzene rings is 2. The van der Waals surface area contributed by atoms with Crippen LogP contribution in [0.4, 0.5) is 4.39 Å². The van der Waals surface area contributed by atoms with Gasteiger partial charge in [-0.3, -0.25) is 0 Å². The van der Waals surface area contributed by atoms with Crippen LogP contribution in [0, 0.1) is 11.7 Å². The third-order valence-corrected chi connectivity index (χ3v) is 5.03. The van der Waals surface area contributed by atoms with Crippen LogP contribution in [0.15, 0.2) is 48.5 Å². The van der Waals surface area contributed by atoms with Gasteiger partial charge in [-0.05, 0) is 61.7 Å². The lowest BCUT2D eigenvalue weighted by Gasteiger charge is -2.27. The second-order valence-corrected chi connectivity index (χ2v) is 6.70. The molecule has 130 valence electrons. The Bertz CT molecular complexity index is 853. The molecule has 1 aliphatic heterocycles. The normalized spacial score (nSPS) is 17.0. The maximum atomic E-state index is 13.2. The van der Waals surface area contributed by atoms with Crippen LogP contribution >= 0.6 is 0 Å². The van der Waals surface area contributed by atoms with E-state index in [9.17, 15) is 9.50 Å². The Labute approximate surface area is 146 Å². The molecule has 0 aliphatic carbocycles. The Kier molecular flexibility index (Phi) is 4.51. The van der Waals surface area contributed by atoms with Crippen molar-refractivity contribution in [1.29, 1.82) is 0 Å². The average Bonchev–Trinajstić information content (AvgIpc) is 3.02. The topological polar surface area (TPSA) is 50.1 Å². The molecule has 25 heavy (non-hydrogen) atoms. The number of piperidine rings is 1. The van der Waals surface area contributed by atoms with Crippen molar-refractivity contribution in [2.24, 2.45) is 5.92 Å². The highest BCUT2D eigenvalue weighted by atomic mass is 19.1. The lowest BCUT2D eigenvalue weighted by molar-refractivity contribution is 0.0786. The minimum absolute atomic E-state index is 0.213. The Hall–Kier alpha value is -2.24. The van der Waals surface area contributed by atoms with Gasteiger partial charge in [0.05, 0.1) is 11.0 Å². The zero-order chi connectivity index (χ0) is 17.2. The molecule has 1 aromatic heterocycles. The van der Waals surface area contributed by atoms with E-state index in [0.717, 1.165) is 42.5 Å². The van der Waals surface area contributed by atoms with Crippen molar-refractivity contribution in [3.05, 3.63) is 65.7 Å². The molecular weight excluding hydrogens is 317 g/mol. The van der Waals surface area contributed by atoms with Crippen LogP contribution in [0.25, 0.3) is 11.0 Å². The molecule has 0 bridgehead atoms. The van der Waals surface area contributed by atoms with Gasteiger partial charge >= 0.3 is 0 Å². The van der Waals surface area contributed by atoms with Crippen LogP contribution < -0.4 is 5.32 Å². The van der Waals surface area contributed by atoms with Gasteiger partial charge in [0.25, 0.3) is 0 Å². The van der Waals surface area contributed by atoms with Crippen molar-refractivity contribution < 1.29 is 9.50 Å². The first-order valence-electron chi connectivity index (χ1n) is 8.81. The molecule has 2 N–H and O–H groups in total. The second-order valence-electron chi connectivity index (χ2n) is 6.70. The van der Waals surface area contributed by atoms with Crippen LogP contribution in [0.1, 0.15) is 30.3 Å². The third kappa shape index (κ3) is 3.30. The molecule has 2 heterocycles. The highest BCUT2D eigenvalue weighted by Gasteiger charge is 2.27. The van der Waals surface area contributed by atoms with Crippen LogP contribution in [0.2, 0.25) is 0 Å². The second kappa shape index (κ2) is 6.94. The lowest BCUT2D eigenvalue weighted by atomic mass is 9.91. The van der Waals surface area contributed by atoms with E-state index in [1.54, 1.807) is 12.1 Å². The summed E-state index contributed by atoms with van der Waals surface area (Å²) in [5.41, 5.74) is 2.87. The lowest BCUT2D eigenvalue weighted by Crippen LogP contribution is -2.31. The van der Waals surface area contributed by atoms with Crippen molar-refractivity contribution >= 4 is 11.0 Å². The molecule has 1 unspecified atom stereocenters. The molecule has 1 aliphatic rings. The van der Waals surface area contributed by atoms with Crippen LogP contribution in [0.5, 0.6) is 0 Å². The number of hydrogen-bond acceptors (Lipinski definition) is 3. The number of imidazole rings is 1. The monoisotopic (exact) mass is 339 g/mol. The summed E-state index contributed by atoms with van der Waals surface area (Å²) >= 11 is 0. The van der Waals surface area contributed by atoms with Gasteiger partial charge in [-0.25, -0.2) is 9.37 Å². The van der Waals surface area contributed by atoms with Gasteiger partial charge in [-0.15, -0.1) is 0 Å². The Balaban J connectivity index is 1.73. The van der Waals surface area contributed by atoms with E-state index in [1.165, 1.54) is 12.1 Å². The zero-order valence-corrected chi connectivity index (χ0v) is 14.0. The maximum Gasteiger partial charge on any atom is 0.139 e. The van der Waals surface area contributed by atoms with Gasteiger partial charge in [0, 0.05) is 6.54 Å². The summed E-state index contributed by atoms with van der Waals surface area (Å²) in [6.45, 7) is 2.43. The van der Waals surface area contributed by atoms with E-state index >= 15 is 0 Å². The maximum absolute atomic E-state index is 13.2. The highest BCUT2D eigenvalue weighted by molar-refractivity contribution is 5.76. The smallest absolute Gasteiger partial charge is 0.139 e. The van der Waals surface area contributed by atoms with Crippen LogP contribution in [-0.2, 0) is 6.54 Å². The van der Waals surface area contributed by atoms with Crippen molar-refractivity contribution in [3.8, 4) is 0 Å². The number of fused-ring (bicyclic) bond motifs is 1. The Morgan fingerprint density at radius 1 is 1.12 bits per heavy atom. The minimum atomic E-state index is -0.588. The molecule has 0 saturated carbocycles. The van der Waals surface area contributed by atoms with Gasteiger partial charge in [-0.1, -0.05) is 24.3 Å². The van der Waals surface area contributed by atoms with Gasteiger partial charge in [0.2, 0.25) is 0 Å². The van der Waals surface area contributed by atoms with Crippen molar-refractivity contribution in [2.75, 3.05) is 13.1 Å². The molecule has 2 aromatic carbocycles. The Morgan fingerprint density at radius 3 is 2.60 bits per heavy atom. The number of hydrogen-bond donors (Lipinski definition) is 2. The van der Waals surface area contributed by atoms with Crippen LogP contribution in [0.3, 0.4) is 0 Å². The number of aliphatic hydroxyl groups is 1. The molecule has 5 heteroatoms. The average molecular weight is 339 g/mol. The van der Waals surface area contributed by atoms with Crippen LogP contribution in [-0.4, -0.2) is 27.7 Å². The predicted molar refractivity (Wildman–Crippen MR) is 95.8 cm³/mol. The molecule has 1 atom stereocenters. The minimum Gasteiger partial charge on any atom is -0.385 e. The predicted octanol–water partition coefficient (Wildman–Crippen LogP) is 3.26. The SMILES string of the molecule is OC(c1nc2ccccc2n1Cc1ccc(F)cc1)C1CCNCC1. The molecular formula is C20H22FN3O. The standard InChI is InChI=1S/C20H22FN3O/c21-16-7-5-14(6-8-16)13-24-18-4-2-1-3-17(18)23-20(24)19(25)15-9-11-22-12-10-15/h1-8,15,19,22,25H,9-13H2. The number of aromatic nitrogens is 2. The summed E-state index contributed by atoms with van der Waals surface area (Å²) in [7, 11) is 0. The summed E-state index contributed by atoms with van der Waals surface area (Å²) in [6.07, 6.45) is 1.30. The summed E-state index contributed by atoms with van der Waals surface area (Å²) in [5.74, 6) is 0.677. The number of nitrogens with zero attached hydrogens (tertiary/aromatic N) is 2. The number of para-hydroxylation sites is 2. The first-order valence-corrected chi connectivity index (χ1v) is 8.81. The summed E-state index contributed by atoms with van der Waals surface area (Å²) < 4.78 is 15.3. The fourth-order valence-corrected chi connectivity index (χ4v) is 3.63. The van der Waals surface area contributed by atoms with Gasteiger partial charge < -0.3 is 15.0 Å². The number of nitrogens with one attached hydrogen (secondary N) is 1. The molecule has 0 spiro atoms. The fraction of sp³-hybridized carbons (Fsp3) is 0.350. The van der Waals surface area contributed by atoms with Gasteiger partial charge in [0.15, 0.2) is 0 Å². The Morgan fingerprint density at radius 2 is 1.84 bits per heavy atom. The molecule has 4 nitrogen and oxygen atoms in total. The van der Waals surface area contributed by atoms with E-state index in [0.29, 0.717) is 12.4 Å². The quantitative estimate of drug-likeness (QED) is 0.767. The summed E-state index contributed by atoms with van der Waals surface area (Å²) in [6, 6.07) is 14.4. The number of aliphatic hydroxyl groups excluding tert-OH is 1. The van der Waals surface area contributed by atoms with Crippen molar-refractivity contribution in [2.45, 2.75) is 25.5 Å². The molecule has 0 radical (unpaired) electrons. The number of halogens is 1. The van der Waals surface area contributed by atoms with Crippen molar-refractivity contribution in [1.82, 2.24) is 14.9 Å². The van der Waals surface area contributed by atoms with Gasteiger partial charge in [0.1, 0.15) is 17.7 Å². The van der Waals surface area contributed by atoms with E-state index < -0.39 is 6.10 Å². The zero-order valence-electron chi connectivity index (χ0n) is 14.0. The van der Waals surface area contributed by atoms with E-state index in [4.69, 9.17) is 4.98 Å². The van der Waals surface area contributed by atoms with E-state index in [1.807, 2.05) is 24.3 Å². The fourth-order valence-electron chi connectivity index (χ4n) is 3.63. The third-order valence-electron chi connectivity index (χ3n) is 5.03. The summed E-state index contributed by atoms with van der Waals surface area (Å²) in [5, 5.41) is 14.3. The molecule has 3 aromatic rings. The molecule has 4 rings (SSSR count). The van der Waals surface area contributed by atoms with E-state index in [2.05, 4.69) is 9.88 Å². The van der Waals surface area contributed by atoms with Crippen molar-refractivity contribution in [3.63, 3.8) is 0 Å². The number of rotatable bonds is 4.